The van der Waals surface area contributed by atoms with Crippen LogP contribution in [0.4, 0.5) is 10.1 Å². The van der Waals surface area contributed by atoms with E-state index in [0.717, 1.165) is 15.7 Å². The Balaban J connectivity index is 1.76. The molecule has 3 aromatic carbocycles. The average molecular weight is 474 g/mol. The number of rotatable bonds is 8. The molecule has 0 bridgehead atoms. The summed E-state index contributed by atoms with van der Waals surface area (Å²) in [5.74, 6) is -0.284. The number of carboxylic acid groups (broad SMARTS) is 1. The van der Waals surface area contributed by atoms with Gasteiger partial charge < -0.3 is 19.9 Å². The number of halogens is 2. The zero-order valence-corrected chi connectivity index (χ0v) is 18.1. The van der Waals surface area contributed by atoms with E-state index in [2.05, 4.69) is 21.2 Å². The molecule has 7 heteroatoms. The second-order valence-electron chi connectivity index (χ2n) is 6.61. The minimum absolute atomic E-state index is 0.0776. The number of benzene rings is 3. The molecule has 0 aliphatic heterocycles. The predicted octanol–water partition coefficient (Wildman–Crippen LogP) is 5.79. The van der Waals surface area contributed by atoms with Crippen molar-refractivity contribution in [1.82, 2.24) is 0 Å². The summed E-state index contributed by atoms with van der Waals surface area (Å²) in [6.07, 6.45) is 0. The molecular weight excluding hydrogens is 453 g/mol. The highest BCUT2D eigenvalue weighted by atomic mass is 79.9. The first-order valence-corrected chi connectivity index (χ1v) is 9.99. The zero-order chi connectivity index (χ0) is 21.7. The van der Waals surface area contributed by atoms with Crippen LogP contribution in [-0.4, -0.2) is 18.2 Å². The molecule has 3 aromatic rings. The van der Waals surface area contributed by atoms with Crippen LogP contribution in [0, 0.1) is 12.7 Å². The minimum Gasteiger partial charge on any atom is -0.493 e. The number of aromatic carboxylic acids is 1. The fourth-order valence-electron chi connectivity index (χ4n) is 3.01. The van der Waals surface area contributed by atoms with Gasteiger partial charge in [0.25, 0.3) is 0 Å². The summed E-state index contributed by atoms with van der Waals surface area (Å²) in [6, 6.07) is 15.2. The van der Waals surface area contributed by atoms with Crippen LogP contribution in [0.1, 0.15) is 27.0 Å². The van der Waals surface area contributed by atoms with Crippen LogP contribution < -0.4 is 14.8 Å². The molecule has 0 atom stereocenters. The monoisotopic (exact) mass is 473 g/mol. The van der Waals surface area contributed by atoms with Crippen LogP contribution in [0.25, 0.3) is 0 Å². The number of nitrogens with one attached hydrogen (secondary N) is 1. The minimum atomic E-state index is -0.963. The molecular formula is C23H21BrFNO4. The topological polar surface area (TPSA) is 67.8 Å². The molecule has 30 heavy (non-hydrogen) atoms. The third-order valence-corrected chi connectivity index (χ3v) is 5.45. The van der Waals surface area contributed by atoms with E-state index >= 15 is 0 Å². The maximum atomic E-state index is 13.8. The normalized spacial score (nSPS) is 10.5. The number of carboxylic acids is 1. The summed E-state index contributed by atoms with van der Waals surface area (Å²) in [6.45, 7) is 2.28. The van der Waals surface area contributed by atoms with Crippen LogP contribution in [0.5, 0.6) is 11.5 Å². The van der Waals surface area contributed by atoms with Gasteiger partial charge >= 0.3 is 5.97 Å². The van der Waals surface area contributed by atoms with Crippen LogP contribution in [0.2, 0.25) is 0 Å². The number of methoxy groups -OCH3 is 1. The van der Waals surface area contributed by atoms with Crippen LogP contribution >= 0.6 is 15.9 Å². The fourth-order valence-corrected chi connectivity index (χ4v) is 3.47. The van der Waals surface area contributed by atoms with Gasteiger partial charge in [-0.25, -0.2) is 9.18 Å². The number of carbonyl (C=O) groups is 1. The van der Waals surface area contributed by atoms with E-state index < -0.39 is 5.97 Å². The Morgan fingerprint density at radius 2 is 1.87 bits per heavy atom. The van der Waals surface area contributed by atoms with Crippen LogP contribution in [-0.2, 0) is 13.2 Å². The van der Waals surface area contributed by atoms with E-state index in [-0.39, 0.29) is 18.0 Å². The third kappa shape index (κ3) is 4.91. The Morgan fingerprint density at radius 1 is 1.10 bits per heavy atom. The Bertz CT molecular complexity index is 1070. The molecule has 0 fully saturated rings. The van der Waals surface area contributed by atoms with Crippen LogP contribution in [0.15, 0.2) is 59.1 Å². The van der Waals surface area contributed by atoms with Gasteiger partial charge in [-0.05, 0) is 48.4 Å². The van der Waals surface area contributed by atoms with E-state index in [4.69, 9.17) is 9.47 Å². The molecule has 0 amide bonds. The molecule has 0 aliphatic carbocycles. The van der Waals surface area contributed by atoms with Crippen LogP contribution in [0.3, 0.4) is 0 Å². The fraction of sp³-hybridized carbons (Fsp3) is 0.174. The van der Waals surface area contributed by atoms with E-state index in [1.165, 1.54) is 13.2 Å². The third-order valence-electron chi connectivity index (χ3n) is 4.71. The lowest BCUT2D eigenvalue weighted by Gasteiger charge is -2.16. The SMILES string of the molecule is COc1cc(CNc2cccc(C(=O)O)c2C)c(Br)cc1OCc1ccccc1F. The molecule has 0 aromatic heterocycles. The van der Waals surface area contributed by atoms with Gasteiger partial charge in [0.1, 0.15) is 12.4 Å². The highest BCUT2D eigenvalue weighted by molar-refractivity contribution is 9.10. The summed E-state index contributed by atoms with van der Waals surface area (Å²) in [7, 11) is 1.54. The first kappa shape index (κ1) is 21.6. The van der Waals surface area contributed by atoms with Gasteiger partial charge in [0.2, 0.25) is 0 Å². The molecule has 0 saturated heterocycles. The quantitative estimate of drug-likeness (QED) is 0.432. The lowest BCUT2D eigenvalue weighted by atomic mass is 10.1. The summed E-state index contributed by atoms with van der Waals surface area (Å²) in [5.41, 5.74) is 3.01. The highest BCUT2D eigenvalue weighted by Crippen LogP contribution is 2.35. The standard InChI is InChI=1S/C23H21BrFNO4/c1-14-17(23(27)28)7-5-9-20(14)26-12-16-10-21(29-2)22(11-18(16)24)30-13-15-6-3-4-8-19(15)25/h3-11,26H,12-13H2,1-2H3,(H,27,28). The van der Waals surface area contributed by atoms with Crippen molar-refractivity contribution in [3.8, 4) is 11.5 Å². The summed E-state index contributed by atoms with van der Waals surface area (Å²) < 4.78 is 25.8. The van der Waals surface area contributed by atoms with Gasteiger partial charge in [-0.3, -0.25) is 0 Å². The number of hydrogen-bond acceptors (Lipinski definition) is 4. The lowest BCUT2D eigenvalue weighted by Crippen LogP contribution is -2.07. The maximum Gasteiger partial charge on any atom is 0.336 e. The molecule has 0 unspecified atom stereocenters. The van der Waals surface area contributed by atoms with E-state index in [9.17, 15) is 14.3 Å². The molecule has 156 valence electrons. The molecule has 2 N–H and O–H groups in total. The second kappa shape index (κ2) is 9.63. The van der Waals surface area contributed by atoms with Crippen molar-refractivity contribution in [2.24, 2.45) is 0 Å². The van der Waals surface area contributed by atoms with Crippen molar-refractivity contribution >= 4 is 27.6 Å². The summed E-state index contributed by atoms with van der Waals surface area (Å²) in [5, 5.41) is 12.5. The summed E-state index contributed by atoms with van der Waals surface area (Å²) in [4.78, 5) is 11.3. The van der Waals surface area contributed by atoms with Gasteiger partial charge in [-0.15, -0.1) is 0 Å². The van der Waals surface area contributed by atoms with Crippen molar-refractivity contribution in [3.05, 3.63) is 87.1 Å². The van der Waals surface area contributed by atoms with E-state index in [0.29, 0.717) is 29.2 Å². The van der Waals surface area contributed by atoms with Crippen molar-refractivity contribution in [2.75, 3.05) is 12.4 Å². The highest BCUT2D eigenvalue weighted by Gasteiger charge is 2.13. The van der Waals surface area contributed by atoms with Gasteiger partial charge in [0.05, 0.1) is 12.7 Å². The smallest absolute Gasteiger partial charge is 0.336 e. The molecule has 3 rings (SSSR count). The first-order valence-electron chi connectivity index (χ1n) is 9.20. The molecule has 0 spiro atoms. The number of hydrogen-bond donors (Lipinski definition) is 2. The van der Waals surface area contributed by atoms with Gasteiger partial charge in [0, 0.05) is 22.3 Å². The van der Waals surface area contributed by atoms with Crippen molar-refractivity contribution in [3.63, 3.8) is 0 Å². The molecule has 0 heterocycles. The maximum absolute atomic E-state index is 13.8. The second-order valence-corrected chi connectivity index (χ2v) is 7.47. The largest absolute Gasteiger partial charge is 0.493 e. The number of ether oxygens (including phenoxy) is 2. The van der Waals surface area contributed by atoms with Gasteiger partial charge in [-0.2, -0.15) is 0 Å². The molecule has 0 aliphatic rings. The van der Waals surface area contributed by atoms with Crippen molar-refractivity contribution in [1.29, 1.82) is 0 Å². The Kier molecular flexibility index (Phi) is 6.95. The van der Waals surface area contributed by atoms with Crippen molar-refractivity contribution < 1.29 is 23.8 Å². The molecule has 5 nitrogen and oxygen atoms in total. The van der Waals surface area contributed by atoms with E-state index in [1.807, 2.05) is 12.1 Å². The van der Waals surface area contributed by atoms with E-state index in [1.54, 1.807) is 43.3 Å². The molecule has 0 saturated carbocycles. The van der Waals surface area contributed by atoms with Gasteiger partial charge in [-0.1, -0.05) is 40.2 Å². The Labute approximate surface area is 182 Å². The first-order chi connectivity index (χ1) is 14.4. The number of anilines is 1. The lowest BCUT2D eigenvalue weighted by molar-refractivity contribution is 0.0696. The van der Waals surface area contributed by atoms with Crippen molar-refractivity contribution in [2.45, 2.75) is 20.1 Å². The average Bonchev–Trinajstić information content (AvgIpc) is 2.73. The zero-order valence-electron chi connectivity index (χ0n) is 16.5. The Hall–Kier alpha value is -3.06. The van der Waals surface area contributed by atoms with Gasteiger partial charge in [0.15, 0.2) is 11.5 Å². The molecule has 0 radical (unpaired) electrons. The summed E-state index contributed by atoms with van der Waals surface area (Å²) >= 11 is 3.54. The predicted molar refractivity (Wildman–Crippen MR) is 117 cm³/mol. The Morgan fingerprint density at radius 3 is 2.57 bits per heavy atom.